The Bertz CT molecular complexity index is 670. The first-order valence-electron chi connectivity index (χ1n) is 6.55. The summed E-state index contributed by atoms with van der Waals surface area (Å²) in [5.41, 5.74) is 6.19. The van der Waals surface area contributed by atoms with Crippen LogP contribution in [0.5, 0.6) is 0 Å². The van der Waals surface area contributed by atoms with Crippen molar-refractivity contribution in [1.82, 2.24) is 0 Å². The average molecular weight is 311 g/mol. The number of sulfone groups is 1. The predicted octanol–water partition coefficient (Wildman–Crippen LogP) is 0.687. The Hall–Kier alpha value is -2.09. The van der Waals surface area contributed by atoms with Crippen molar-refractivity contribution in [2.24, 2.45) is 10.9 Å². The first-order chi connectivity index (χ1) is 9.95. The van der Waals surface area contributed by atoms with Crippen LogP contribution in [0.15, 0.2) is 29.4 Å². The van der Waals surface area contributed by atoms with Crippen molar-refractivity contribution in [2.75, 3.05) is 11.1 Å². The van der Waals surface area contributed by atoms with Crippen molar-refractivity contribution in [3.05, 3.63) is 29.8 Å². The fourth-order valence-corrected chi connectivity index (χ4v) is 4.13. The summed E-state index contributed by atoms with van der Waals surface area (Å²) in [7, 11) is -3.40. The van der Waals surface area contributed by atoms with Crippen LogP contribution in [0.1, 0.15) is 24.8 Å². The Balaban J connectivity index is 2.24. The zero-order valence-corrected chi connectivity index (χ0v) is 12.1. The molecule has 0 aromatic heterocycles. The number of hydrogen-bond acceptors (Lipinski definition) is 5. The minimum Gasteiger partial charge on any atom is -0.409 e. The lowest BCUT2D eigenvalue weighted by molar-refractivity contribution is -0.116. The number of carbonyl (C=O) groups excluding carboxylic acids is 1. The van der Waals surface area contributed by atoms with Crippen LogP contribution in [0.3, 0.4) is 0 Å². The lowest BCUT2D eigenvalue weighted by Gasteiger charge is -2.22. The van der Waals surface area contributed by atoms with Crippen molar-refractivity contribution >= 4 is 27.3 Å². The summed E-state index contributed by atoms with van der Waals surface area (Å²) < 4.78 is 23.9. The summed E-state index contributed by atoms with van der Waals surface area (Å²) in [6, 6.07) is 6.47. The number of amides is 1. The molecule has 1 heterocycles. The number of nitrogens with one attached hydrogen (secondary N) is 1. The number of nitrogens with two attached hydrogens (primary N) is 1. The molecule has 1 amide bonds. The minimum absolute atomic E-state index is 0.0347. The summed E-state index contributed by atoms with van der Waals surface area (Å²) in [6.45, 7) is 0. The normalized spacial score (nSPS) is 21.7. The molecule has 0 radical (unpaired) electrons. The molecule has 0 aliphatic carbocycles. The number of rotatable bonds is 3. The predicted molar refractivity (Wildman–Crippen MR) is 79.0 cm³/mol. The Morgan fingerprint density at radius 3 is 2.71 bits per heavy atom. The van der Waals surface area contributed by atoms with Crippen molar-refractivity contribution < 1.29 is 18.4 Å². The van der Waals surface area contributed by atoms with E-state index < -0.39 is 21.0 Å². The van der Waals surface area contributed by atoms with Crippen LogP contribution in [0.2, 0.25) is 0 Å². The monoisotopic (exact) mass is 311 g/mol. The van der Waals surface area contributed by atoms with Crippen LogP contribution < -0.4 is 11.1 Å². The van der Waals surface area contributed by atoms with E-state index in [-0.39, 0.29) is 11.6 Å². The molecule has 1 aliphatic rings. The second-order valence-corrected chi connectivity index (χ2v) is 7.17. The van der Waals surface area contributed by atoms with Gasteiger partial charge in [-0.2, -0.15) is 0 Å². The molecule has 0 saturated carbocycles. The lowest BCUT2D eigenvalue weighted by Crippen LogP contribution is -2.39. The van der Waals surface area contributed by atoms with Crippen LogP contribution in [0, 0.1) is 0 Å². The molecule has 1 saturated heterocycles. The van der Waals surface area contributed by atoms with E-state index in [1.807, 2.05) is 0 Å². The van der Waals surface area contributed by atoms with Gasteiger partial charge in [0.15, 0.2) is 15.7 Å². The molecule has 1 unspecified atom stereocenters. The van der Waals surface area contributed by atoms with E-state index in [1.165, 1.54) is 0 Å². The Labute approximate surface area is 122 Å². The second kappa shape index (κ2) is 6.13. The molecule has 21 heavy (non-hydrogen) atoms. The lowest BCUT2D eigenvalue weighted by atomic mass is 10.1. The second-order valence-electron chi connectivity index (χ2n) is 4.87. The standard InChI is InChI=1S/C13H17N3O4S/c14-12(16-18)9-5-1-2-6-10(9)15-13(17)11-7-3-4-8-21(11,19)20/h1-2,5-6,11,18H,3-4,7-8H2,(H2,14,16)(H,15,17). The third kappa shape index (κ3) is 3.33. The molecule has 7 nitrogen and oxygen atoms in total. The van der Waals surface area contributed by atoms with Gasteiger partial charge < -0.3 is 16.3 Å². The quantitative estimate of drug-likeness (QED) is 0.328. The van der Waals surface area contributed by atoms with Gasteiger partial charge in [0.25, 0.3) is 0 Å². The van der Waals surface area contributed by atoms with Gasteiger partial charge in [-0.15, -0.1) is 0 Å². The highest BCUT2D eigenvalue weighted by molar-refractivity contribution is 7.92. The topological polar surface area (TPSA) is 122 Å². The van der Waals surface area contributed by atoms with Gasteiger partial charge in [-0.25, -0.2) is 8.42 Å². The minimum atomic E-state index is -3.40. The molecule has 0 bridgehead atoms. The van der Waals surface area contributed by atoms with Crippen LogP contribution in [0.25, 0.3) is 0 Å². The zero-order valence-electron chi connectivity index (χ0n) is 11.3. The molecule has 1 fully saturated rings. The number of amidine groups is 1. The van der Waals surface area contributed by atoms with E-state index in [0.29, 0.717) is 30.5 Å². The number of para-hydroxylation sites is 1. The SMILES string of the molecule is N/C(=N/O)c1ccccc1NC(=O)C1CCCCS1(=O)=O. The van der Waals surface area contributed by atoms with Crippen molar-refractivity contribution in [2.45, 2.75) is 24.5 Å². The Kier molecular flexibility index (Phi) is 4.46. The van der Waals surface area contributed by atoms with Crippen molar-refractivity contribution in [1.29, 1.82) is 0 Å². The molecule has 8 heteroatoms. The molecule has 1 aromatic carbocycles. The summed E-state index contributed by atoms with van der Waals surface area (Å²) in [4.78, 5) is 12.2. The average Bonchev–Trinajstić information content (AvgIpc) is 2.46. The summed E-state index contributed by atoms with van der Waals surface area (Å²) in [6.07, 6.45) is 1.62. The molecule has 1 atom stereocenters. The first kappa shape index (κ1) is 15.3. The number of hydrogen-bond donors (Lipinski definition) is 3. The number of benzene rings is 1. The molecule has 4 N–H and O–H groups in total. The van der Waals surface area contributed by atoms with Crippen LogP contribution in [0.4, 0.5) is 5.69 Å². The molecule has 2 rings (SSSR count). The van der Waals surface area contributed by atoms with Gasteiger partial charge in [0.1, 0.15) is 5.25 Å². The van der Waals surface area contributed by atoms with Gasteiger partial charge in [-0.1, -0.05) is 23.7 Å². The van der Waals surface area contributed by atoms with Gasteiger partial charge in [0, 0.05) is 5.56 Å². The Morgan fingerprint density at radius 1 is 1.33 bits per heavy atom. The summed E-state index contributed by atoms with van der Waals surface area (Å²) in [5.74, 6) is -0.697. The van der Waals surface area contributed by atoms with Gasteiger partial charge in [-0.05, 0) is 25.0 Å². The van der Waals surface area contributed by atoms with E-state index >= 15 is 0 Å². The number of nitrogens with zero attached hydrogens (tertiary/aromatic N) is 1. The van der Waals surface area contributed by atoms with E-state index in [0.717, 1.165) is 0 Å². The molecule has 0 spiro atoms. The van der Waals surface area contributed by atoms with E-state index in [1.54, 1.807) is 24.3 Å². The number of anilines is 1. The zero-order chi connectivity index (χ0) is 15.5. The van der Waals surface area contributed by atoms with Crippen LogP contribution in [-0.4, -0.2) is 36.4 Å². The van der Waals surface area contributed by atoms with Crippen molar-refractivity contribution in [3.8, 4) is 0 Å². The van der Waals surface area contributed by atoms with E-state index in [2.05, 4.69) is 10.5 Å². The van der Waals surface area contributed by atoms with Crippen molar-refractivity contribution in [3.63, 3.8) is 0 Å². The number of carbonyl (C=O) groups is 1. The van der Waals surface area contributed by atoms with Crippen LogP contribution >= 0.6 is 0 Å². The maximum atomic E-state index is 12.2. The largest absolute Gasteiger partial charge is 0.409 e. The highest BCUT2D eigenvalue weighted by Crippen LogP contribution is 2.22. The maximum absolute atomic E-state index is 12.2. The molecule has 1 aromatic rings. The molecular formula is C13H17N3O4S. The Morgan fingerprint density at radius 2 is 2.05 bits per heavy atom. The first-order valence-corrected chi connectivity index (χ1v) is 8.26. The van der Waals surface area contributed by atoms with Gasteiger partial charge >= 0.3 is 0 Å². The maximum Gasteiger partial charge on any atom is 0.242 e. The fraction of sp³-hybridized carbons (Fsp3) is 0.385. The highest BCUT2D eigenvalue weighted by atomic mass is 32.2. The summed E-state index contributed by atoms with van der Waals surface area (Å²) in [5, 5.41) is 13.2. The molecule has 1 aliphatic heterocycles. The molecule has 114 valence electrons. The summed E-state index contributed by atoms with van der Waals surface area (Å²) >= 11 is 0. The number of oxime groups is 1. The van der Waals surface area contributed by atoms with Gasteiger partial charge in [-0.3, -0.25) is 4.79 Å². The third-order valence-electron chi connectivity index (χ3n) is 3.44. The van der Waals surface area contributed by atoms with E-state index in [9.17, 15) is 13.2 Å². The molecular weight excluding hydrogens is 294 g/mol. The highest BCUT2D eigenvalue weighted by Gasteiger charge is 2.35. The van der Waals surface area contributed by atoms with Crippen LogP contribution in [-0.2, 0) is 14.6 Å². The van der Waals surface area contributed by atoms with Gasteiger partial charge in [0.2, 0.25) is 5.91 Å². The fourth-order valence-electron chi connectivity index (χ4n) is 2.33. The smallest absolute Gasteiger partial charge is 0.242 e. The van der Waals surface area contributed by atoms with E-state index in [4.69, 9.17) is 10.9 Å². The van der Waals surface area contributed by atoms with Gasteiger partial charge in [0.05, 0.1) is 11.4 Å². The third-order valence-corrected chi connectivity index (χ3v) is 5.61.